The fourth-order valence-electron chi connectivity index (χ4n) is 10.0. The van der Waals surface area contributed by atoms with Crippen LogP contribution in [0.15, 0.2) is 109 Å². The summed E-state index contributed by atoms with van der Waals surface area (Å²) in [7, 11) is 5.92. The Bertz CT molecular complexity index is 1800. The second-order valence-electron chi connectivity index (χ2n) is 25.1. The third-order valence-electron chi connectivity index (χ3n) is 15.5. The van der Waals surface area contributed by atoms with E-state index in [1.54, 1.807) is 0 Å². The second-order valence-corrected chi connectivity index (χ2v) is 25.1. The number of aliphatic carboxylic acids is 1. The van der Waals surface area contributed by atoms with Gasteiger partial charge in [-0.2, -0.15) is 0 Å². The molecule has 0 saturated carbocycles. The van der Waals surface area contributed by atoms with Crippen molar-refractivity contribution < 1.29 is 42.9 Å². The smallest absolute Gasteiger partial charge is 0.306 e. The Labute approximate surface area is 536 Å². The average Bonchev–Trinajstić information content (AvgIpc) is 3.59. The molecule has 0 saturated heterocycles. The molecule has 0 aromatic carbocycles. The Hall–Kier alpha value is -4.05. The minimum Gasteiger partial charge on any atom is -0.545 e. The Morgan fingerprint density at radius 3 is 0.977 bits per heavy atom. The van der Waals surface area contributed by atoms with Crippen LogP contribution >= 0.6 is 0 Å². The van der Waals surface area contributed by atoms with E-state index in [2.05, 4.69) is 123 Å². The fraction of sp³-hybridized carbons (Fsp3) is 0.731. The van der Waals surface area contributed by atoms with E-state index in [-0.39, 0.29) is 38.6 Å². The highest BCUT2D eigenvalue weighted by atomic mass is 16.7. The van der Waals surface area contributed by atoms with E-state index in [4.69, 9.17) is 18.9 Å². The number of carboxylic acids is 1. The molecule has 0 N–H and O–H groups in total. The van der Waals surface area contributed by atoms with E-state index < -0.39 is 24.3 Å². The van der Waals surface area contributed by atoms with Gasteiger partial charge in [0.1, 0.15) is 13.2 Å². The summed E-state index contributed by atoms with van der Waals surface area (Å²) in [4.78, 5) is 37.5. The van der Waals surface area contributed by atoms with Crippen LogP contribution in [-0.4, -0.2) is 82.3 Å². The zero-order chi connectivity index (χ0) is 63.3. The second kappa shape index (κ2) is 67.9. The summed E-state index contributed by atoms with van der Waals surface area (Å²) in [5.74, 6) is -2.30. The first kappa shape index (κ1) is 83.0. The predicted octanol–water partition coefficient (Wildman–Crippen LogP) is 21.2. The molecule has 87 heavy (non-hydrogen) atoms. The predicted molar refractivity (Wildman–Crippen MR) is 370 cm³/mol. The number of likely N-dealkylation sites (N-methyl/N-ethyl adjacent to an activating group) is 1. The number of nitrogens with zero attached hydrogens (tertiary/aromatic N) is 1. The summed E-state index contributed by atoms with van der Waals surface area (Å²) in [5.41, 5.74) is 0. The highest BCUT2D eigenvalue weighted by Crippen LogP contribution is 2.17. The summed E-state index contributed by atoms with van der Waals surface area (Å²) in [6.07, 6.45) is 91.8. The van der Waals surface area contributed by atoms with Crippen LogP contribution in [0.4, 0.5) is 0 Å². The number of hydrogen-bond donors (Lipinski definition) is 0. The lowest BCUT2D eigenvalue weighted by Gasteiger charge is -2.26. The Morgan fingerprint density at radius 2 is 0.655 bits per heavy atom. The molecule has 0 aromatic heterocycles. The summed E-state index contributed by atoms with van der Waals surface area (Å²) >= 11 is 0. The number of carbonyl (C=O) groups is 3. The Kier molecular flexibility index (Phi) is 64.7. The summed E-state index contributed by atoms with van der Waals surface area (Å²) in [6, 6.07) is 0. The number of unbranched alkanes of at least 4 members (excludes halogenated alkanes) is 33. The lowest BCUT2D eigenvalue weighted by atomic mass is 10.0. The molecule has 0 heterocycles. The lowest BCUT2D eigenvalue weighted by molar-refractivity contribution is -0.870. The van der Waals surface area contributed by atoms with Crippen molar-refractivity contribution in [3.05, 3.63) is 109 Å². The molecular weight excluding hydrogens is 1080 g/mol. The van der Waals surface area contributed by atoms with Crippen LogP contribution < -0.4 is 5.11 Å². The number of carboxylic acid groups (broad SMARTS) is 1. The van der Waals surface area contributed by atoms with Crippen molar-refractivity contribution in [3.63, 3.8) is 0 Å². The number of ether oxygens (including phenoxy) is 4. The van der Waals surface area contributed by atoms with Crippen molar-refractivity contribution in [3.8, 4) is 0 Å². The molecule has 0 radical (unpaired) electrons. The topological polar surface area (TPSA) is 111 Å². The molecule has 2 atom stereocenters. The average molecular weight is 1210 g/mol. The molecule has 0 aromatic rings. The quantitative estimate of drug-likeness (QED) is 0.0195. The van der Waals surface area contributed by atoms with Crippen molar-refractivity contribution in [2.45, 2.75) is 322 Å². The van der Waals surface area contributed by atoms with Gasteiger partial charge in [0, 0.05) is 12.8 Å². The minimum atomic E-state index is -1.63. The van der Waals surface area contributed by atoms with E-state index in [0.717, 1.165) is 109 Å². The van der Waals surface area contributed by atoms with Crippen LogP contribution in [0.3, 0.4) is 0 Å². The summed E-state index contributed by atoms with van der Waals surface area (Å²) in [5, 5.41) is 11.8. The van der Waals surface area contributed by atoms with Gasteiger partial charge in [0.15, 0.2) is 12.4 Å². The van der Waals surface area contributed by atoms with Crippen LogP contribution in [0, 0.1) is 0 Å². The summed E-state index contributed by atoms with van der Waals surface area (Å²) in [6.45, 7) is 4.62. The monoisotopic (exact) mass is 1210 g/mol. The first-order valence-electron chi connectivity index (χ1n) is 36.0. The van der Waals surface area contributed by atoms with Gasteiger partial charge in [0.2, 0.25) is 0 Å². The maximum absolute atomic E-state index is 12.9. The molecule has 500 valence electrons. The van der Waals surface area contributed by atoms with Gasteiger partial charge in [-0.3, -0.25) is 9.59 Å². The minimum absolute atomic E-state index is 0.141. The SMILES string of the molecule is CC/C=C\C/C=C\C/C=C\C/C=C\C/C=C\C/C=C\CCCCCCCCC(=O)OC(COC(=O)CCCCCCCCCCCCCCCCCCCCCCCC/C=C\C/C=C\C/C=C\CCCCCCC)COC(OCC[N+](C)(C)C)C(=O)[O-]. The van der Waals surface area contributed by atoms with Gasteiger partial charge in [0.05, 0.1) is 40.3 Å². The Morgan fingerprint density at radius 1 is 0.356 bits per heavy atom. The van der Waals surface area contributed by atoms with Gasteiger partial charge in [-0.05, 0) is 103 Å². The molecule has 0 fully saturated rings. The molecule has 0 bridgehead atoms. The zero-order valence-corrected chi connectivity index (χ0v) is 57.1. The van der Waals surface area contributed by atoms with Crippen molar-refractivity contribution in [2.75, 3.05) is 47.5 Å². The number of hydrogen-bond acceptors (Lipinski definition) is 8. The molecule has 0 aliphatic heterocycles. The third kappa shape index (κ3) is 69.3. The lowest BCUT2D eigenvalue weighted by Crippen LogP contribution is -2.44. The van der Waals surface area contributed by atoms with Gasteiger partial charge >= 0.3 is 11.9 Å². The number of allylic oxidation sites excluding steroid dienone is 18. The highest BCUT2D eigenvalue weighted by molar-refractivity contribution is 5.70. The van der Waals surface area contributed by atoms with Crippen molar-refractivity contribution in [2.24, 2.45) is 0 Å². The molecule has 0 aliphatic carbocycles. The standard InChI is InChI=1S/C78H135NO8/c1-6-8-10-12-14-16-18-20-22-24-26-28-30-32-33-34-35-36-37-38-39-40-41-42-43-45-46-48-50-52-54-56-58-60-62-64-66-68-75(80)85-72-74(73-86-78(77(82)83)84-71-70-79(3,4)5)87-76(81)69-67-65-63-61-59-57-55-53-51-49-47-44-31-29-27-25-23-21-19-17-15-13-11-9-7-2/h9,11,15,17-18,20-21,23-24,26-27,29-30,32,44,47,51,53,74,78H,6-8,10,12-14,16,19,22,25,28,31,33-43,45-46,48-50,52,54-73H2,1-5H3/b11-9-,17-15-,20-18-,23-21-,26-24-,29-27-,32-30-,47-44-,53-51-. The van der Waals surface area contributed by atoms with Crippen LogP contribution in [0.5, 0.6) is 0 Å². The third-order valence-corrected chi connectivity index (χ3v) is 15.5. The van der Waals surface area contributed by atoms with Crippen LogP contribution in [0.25, 0.3) is 0 Å². The zero-order valence-electron chi connectivity index (χ0n) is 57.1. The maximum Gasteiger partial charge on any atom is 0.306 e. The van der Waals surface area contributed by atoms with Crippen molar-refractivity contribution in [1.82, 2.24) is 0 Å². The van der Waals surface area contributed by atoms with Gasteiger partial charge in [-0.1, -0.05) is 303 Å². The van der Waals surface area contributed by atoms with E-state index in [9.17, 15) is 19.5 Å². The van der Waals surface area contributed by atoms with Crippen LogP contribution in [0.1, 0.15) is 309 Å². The first-order valence-corrected chi connectivity index (χ1v) is 36.0. The van der Waals surface area contributed by atoms with E-state index >= 15 is 0 Å². The van der Waals surface area contributed by atoms with Gasteiger partial charge in [0.25, 0.3) is 0 Å². The largest absolute Gasteiger partial charge is 0.545 e. The van der Waals surface area contributed by atoms with Crippen molar-refractivity contribution in [1.29, 1.82) is 0 Å². The fourth-order valence-corrected chi connectivity index (χ4v) is 10.0. The number of rotatable bonds is 66. The van der Waals surface area contributed by atoms with Crippen molar-refractivity contribution >= 4 is 17.9 Å². The normalized spacial score (nSPS) is 13.3. The van der Waals surface area contributed by atoms with Gasteiger partial charge in [-0.25, -0.2) is 0 Å². The molecule has 0 rings (SSSR count). The molecule has 9 nitrogen and oxygen atoms in total. The summed E-state index contributed by atoms with van der Waals surface area (Å²) < 4.78 is 22.8. The first-order chi connectivity index (χ1) is 42.6. The van der Waals surface area contributed by atoms with E-state index in [0.29, 0.717) is 17.4 Å². The number of esters is 2. The molecule has 2 unspecified atom stereocenters. The molecule has 9 heteroatoms. The molecule has 0 spiro atoms. The highest BCUT2D eigenvalue weighted by Gasteiger charge is 2.22. The Balaban J connectivity index is 4.08. The maximum atomic E-state index is 12.9. The molecule has 0 amide bonds. The number of quaternary nitrogens is 1. The molecule has 0 aliphatic rings. The van der Waals surface area contributed by atoms with Gasteiger partial charge in [-0.15, -0.1) is 0 Å². The van der Waals surface area contributed by atoms with E-state index in [1.165, 1.54) is 167 Å². The van der Waals surface area contributed by atoms with Crippen LogP contribution in [-0.2, 0) is 33.3 Å². The van der Waals surface area contributed by atoms with Gasteiger partial charge < -0.3 is 33.3 Å². The van der Waals surface area contributed by atoms with Crippen LogP contribution in [0.2, 0.25) is 0 Å². The molecular formula is C78H135NO8. The number of carbonyl (C=O) groups excluding carboxylic acids is 3. The van der Waals surface area contributed by atoms with E-state index in [1.807, 2.05) is 21.1 Å².